The van der Waals surface area contributed by atoms with Crippen LogP contribution in [0, 0.1) is 0 Å². The van der Waals surface area contributed by atoms with Crippen molar-refractivity contribution in [3.8, 4) is 22.4 Å². The van der Waals surface area contributed by atoms with Crippen LogP contribution in [0.5, 0.6) is 0 Å². The van der Waals surface area contributed by atoms with Crippen LogP contribution < -0.4 is 10.9 Å². The molecule has 27 heavy (non-hydrogen) atoms. The van der Waals surface area contributed by atoms with Gasteiger partial charge >= 0.3 is 0 Å². The maximum Gasteiger partial charge on any atom is 0.280 e. The molecule has 0 aliphatic rings. The smallest absolute Gasteiger partial charge is 0.280 e. The van der Waals surface area contributed by atoms with Crippen molar-refractivity contribution in [3.63, 3.8) is 0 Å². The molecule has 5 heteroatoms. The van der Waals surface area contributed by atoms with Crippen molar-refractivity contribution in [1.29, 1.82) is 0 Å². The molecule has 2 aromatic carbocycles. The number of hydrogen-bond acceptors (Lipinski definition) is 3. The highest BCUT2D eigenvalue weighted by Gasteiger charge is 2.26. The predicted octanol–water partition coefficient (Wildman–Crippen LogP) is 3.64. The van der Waals surface area contributed by atoms with E-state index in [1.165, 1.54) is 4.68 Å². The van der Waals surface area contributed by atoms with Crippen molar-refractivity contribution in [1.82, 2.24) is 15.1 Å². The molecule has 5 nitrogen and oxygen atoms in total. The molecule has 0 fully saturated rings. The van der Waals surface area contributed by atoms with Crippen molar-refractivity contribution in [2.24, 2.45) is 7.05 Å². The normalized spacial score (nSPS) is 11.3. The van der Waals surface area contributed by atoms with Crippen molar-refractivity contribution < 1.29 is 4.79 Å². The molecule has 0 saturated carbocycles. The fraction of sp³-hybridized carbons (Fsp3) is 0.227. The summed E-state index contributed by atoms with van der Waals surface area (Å²) in [6.07, 6.45) is 0. The second-order valence-electron chi connectivity index (χ2n) is 7.46. The van der Waals surface area contributed by atoms with E-state index < -0.39 is 17.0 Å². The lowest BCUT2D eigenvalue weighted by molar-refractivity contribution is 0.0918. The quantitative estimate of drug-likeness (QED) is 0.775. The summed E-state index contributed by atoms with van der Waals surface area (Å²) in [6, 6.07) is 19.0. The average Bonchev–Trinajstić information content (AvgIpc) is 2.63. The molecule has 0 atom stereocenters. The zero-order valence-electron chi connectivity index (χ0n) is 16.0. The Morgan fingerprint density at radius 2 is 1.44 bits per heavy atom. The van der Waals surface area contributed by atoms with E-state index in [2.05, 4.69) is 10.4 Å². The largest absolute Gasteiger partial charge is 0.347 e. The van der Waals surface area contributed by atoms with Gasteiger partial charge in [0.2, 0.25) is 0 Å². The number of hydrogen-bond donors (Lipinski definition) is 1. The maximum absolute atomic E-state index is 13.1. The van der Waals surface area contributed by atoms with E-state index in [9.17, 15) is 9.59 Å². The number of rotatable bonds is 3. The molecule has 1 N–H and O–H groups in total. The minimum Gasteiger partial charge on any atom is -0.347 e. The zero-order valence-corrected chi connectivity index (χ0v) is 16.0. The van der Waals surface area contributed by atoms with E-state index in [0.717, 1.165) is 11.1 Å². The third kappa shape index (κ3) is 3.97. The van der Waals surface area contributed by atoms with Gasteiger partial charge in [-0.25, -0.2) is 4.68 Å². The SMILES string of the molecule is Cn1nc(-c2ccccc2)c(-c2ccccc2)c(C(=O)NC(C)(C)C)c1=O. The Morgan fingerprint density at radius 3 is 1.96 bits per heavy atom. The van der Waals surface area contributed by atoms with Crippen molar-refractivity contribution in [3.05, 3.63) is 76.6 Å². The van der Waals surface area contributed by atoms with Crippen molar-refractivity contribution >= 4 is 5.91 Å². The molecular formula is C22H23N3O2. The first-order valence-corrected chi connectivity index (χ1v) is 8.82. The van der Waals surface area contributed by atoms with Crippen molar-refractivity contribution in [2.45, 2.75) is 26.3 Å². The fourth-order valence-electron chi connectivity index (χ4n) is 2.93. The Balaban J connectivity index is 2.36. The van der Waals surface area contributed by atoms with Crippen molar-refractivity contribution in [2.75, 3.05) is 0 Å². The molecule has 0 spiro atoms. The van der Waals surface area contributed by atoms with Gasteiger partial charge in [0.05, 0.1) is 5.69 Å². The number of amides is 1. The predicted molar refractivity (Wildman–Crippen MR) is 108 cm³/mol. The van der Waals surface area contributed by atoms with Gasteiger partial charge in [0.15, 0.2) is 0 Å². The summed E-state index contributed by atoms with van der Waals surface area (Å²) in [5.41, 5.74) is 1.99. The lowest BCUT2D eigenvalue weighted by atomic mass is 9.94. The maximum atomic E-state index is 13.1. The molecule has 3 aromatic rings. The van der Waals surface area contributed by atoms with E-state index in [0.29, 0.717) is 11.3 Å². The molecular weight excluding hydrogens is 338 g/mol. The zero-order chi connectivity index (χ0) is 19.6. The fourth-order valence-corrected chi connectivity index (χ4v) is 2.93. The number of nitrogens with one attached hydrogen (secondary N) is 1. The number of nitrogens with zero attached hydrogens (tertiary/aromatic N) is 2. The van der Waals surface area contributed by atoms with E-state index in [4.69, 9.17) is 0 Å². The van der Waals surface area contributed by atoms with Crippen LogP contribution in [0.3, 0.4) is 0 Å². The summed E-state index contributed by atoms with van der Waals surface area (Å²) < 4.78 is 1.23. The first-order chi connectivity index (χ1) is 12.8. The molecule has 0 aliphatic heterocycles. The number of aryl methyl sites for hydroxylation is 1. The Labute approximate surface area is 158 Å². The summed E-state index contributed by atoms with van der Waals surface area (Å²) in [5.74, 6) is -0.401. The minimum absolute atomic E-state index is 0.104. The van der Waals surface area contributed by atoms with Gasteiger partial charge in [0.1, 0.15) is 5.56 Å². The number of aromatic nitrogens is 2. The summed E-state index contributed by atoms with van der Waals surface area (Å²) in [6.45, 7) is 5.66. The third-order valence-electron chi connectivity index (χ3n) is 4.07. The van der Waals surface area contributed by atoms with Crippen LogP contribution in [0.15, 0.2) is 65.5 Å². The van der Waals surface area contributed by atoms with Gasteiger partial charge in [-0.3, -0.25) is 9.59 Å². The van der Waals surface area contributed by atoms with Gasteiger partial charge in [0, 0.05) is 23.7 Å². The van der Waals surface area contributed by atoms with Gasteiger partial charge in [0.25, 0.3) is 11.5 Å². The second kappa shape index (κ2) is 7.19. The molecule has 3 rings (SSSR count). The molecule has 138 valence electrons. The van der Waals surface area contributed by atoms with E-state index in [-0.39, 0.29) is 5.56 Å². The Kier molecular flexibility index (Phi) is 4.95. The van der Waals surface area contributed by atoms with E-state index in [1.54, 1.807) is 7.05 Å². The van der Waals surface area contributed by atoms with Gasteiger partial charge in [-0.05, 0) is 26.3 Å². The Morgan fingerprint density at radius 1 is 0.926 bits per heavy atom. The third-order valence-corrected chi connectivity index (χ3v) is 4.07. The molecule has 0 unspecified atom stereocenters. The van der Waals surface area contributed by atoms with Crippen LogP contribution in [0.1, 0.15) is 31.1 Å². The summed E-state index contributed by atoms with van der Waals surface area (Å²) >= 11 is 0. The highest BCUT2D eigenvalue weighted by atomic mass is 16.2. The standard InChI is InChI=1S/C22H23N3O2/c1-22(2,3)23-20(26)18-17(15-11-7-5-8-12-15)19(24-25(4)21(18)27)16-13-9-6-10-14-16/h5-14H,1-4H3,(H,23,26). The Hall–Kier alpha value is -3.21. The second-order valence-corrected chi connectivity index (χ2v) is 7.46. The summed E-state index contributed by atoms with van der Waals surface area (Å²) in [7, 11) is 1.57. The van der Waals surface area contributed by atoms with Crippen LogP contribution >= 0.6 is 0 Å². The lowest BCUT2D eigenvalue weighted by Crippen LogP contribution is -2.44. The van der Waals surface area contributed by atoms with Crippen LogP contribution in [-0.2, 0) is 7.05 Å². The van der Waals surface area contributed by atoms with E-state index >= 15 is 0 Å². The van der Waals surface area contributed by atoms with Gasteiger partial charge in [-0.2, -0.15) is 5.10 Å². The number of benzene rings is 2. The van der Waals surface area contributed by atoms with Crippen LogP contribution in [-0.4, -0.2) is 21.2 Å². The highest BCUT2D eigenvalue weighted by molar-refractivity contribution is 6.03. The summed E-state index contributed by atoms with van der Waals surface area (Å²) in [5, 5.41) is 7.40. The topological polar surface area (TPSA) is 64.0 Å². The van der Waals surface area contributed by atoms with Crippen LogP contribution in [0.2, 0.25) is 0 Å². The lowest BCUT2D eigenvalue weighted by Gasteiger charge is -2.22. The molecule has 0 saturated heterocycles. The van der Waals surface area contributed by atoms with E-state index in [1.807, 2.05) is 81.4 Å². The highest BCUT2D eigenvalue weighted by Crippen LogP contribution is 2.32. The first-order valence-electron chi connectivity index (χ1n) is 8.82. The van der Waals surface area contributed by atoms with Gasteiger partial charge in [-0.15, -0.1) is 0 Å². The number of carbonyl (C=O) groups excluding carboxylic acids is 1. The minimum atomic E-state index is -0.466. The molecule has 0 bridgehead atoms. The van der Waals surface area contributed by atoms with Crippen LogP contribution in [0.25, 0.3) is 22.4 Å². The molecule has 1 amide bonds. The monoisotopic (exact) mass is 361 g/mol. The molecule has 1 heterocycles. The van der Waals surface area contributed by atoms with Crippen LogP contribution in [0.4, 0.5) is 0 Å². The van der Waals surface area contributed by atoms with Gasteiger partial charge < -0.3 is 5.32 Å². The van der Waals surface area contributed by atoms with Gasteiger partial charge in [-0.1, -0.05) is 60.7 Å². The molecule has 1 aromatic heterocycles. The molecule has 0 radical (unpaired) electrons. The summed E-state index contributed by atoms with van der Waals surface area (Å²) in [4.78, 5) is 26.0. The Bertz CT molecular complexity index is 1020. The number of carbonyl (C=O) groups is 1. The average molecular weight is 361 g/mol. The first kappa shape index (κ1) is 18.6. The molecule has 0 aliphatic carbocycles.